The lowest BCUT2D eigenvalue weighted by molar-refractivity contribution is -0.168. The first kappa shape index (κ1) is 14.9. The maximum Gasteiger partial charge on any atom is 0.163 e. The van der Waals surface area contributed by atoms with E-state index in [2.05, 4.69) is 0 Å². The summed E-state index contributed by atoms with van der Waals surface area (Å²) in [5.41, 5.74) is 5.96. The average molecular weight is 247 g/mol. The van der Waals surface area contributed by atoms with E-state index >= 15 is 0 Å². The first-order chi connectivity index (χ1) is 8.03. The second-order valence-electron chi connectivity index (χ2n) is 4.60. The second kappa shape index (κ2) is 6.11. The molecular weight excluding hydrogens is 222 g/mol. The van der Waals surface area contributed by atoms with Crippen LogP contribution in [0.2, 0.25) is 0 Å². The van der Waals surface area contributed by atoms with Crippen molar-refractivity contribution in [2.24, 2.45) is 5.73 Å². The van der Waals surface area contributed by atoms with Crippen molar-refractivity contribution >= 4 is 0 Å². The van der Waals surface area contributed by atoms with Crippen molar-refractivity contribution in [3.8, 4) is 0 Å². The third-order valence-corrected chi connectivity index (χ3v) is 2.88. The molecule has 0 aromatic rings. The van der Waals surface area contributed by atoms with Gasteiger partial charge < -0.3 is 25.1 Å². The number of nitrogens with two attached hydrogens (primary N) is 1. The van der Waals surface area contributed by atoms with Gasteiger partial charge in [-0.05, 0) is 20.3 Å². The normalized spacial score (nSPS) is 38.5. The Balaban J connectivity index is 0.000000686. The Morgan fingerprint density at radius 2 is 1.88 bits per heavy atom. The van der Waals surface area contributed by atoms with Gasteiger partial charge in [0.2, 0.25) is 0 Å². The molecule has 1 aliphatic carbocycles. The van der Waals surface area contributed by atoms with Crippen LogP contribution < -0.4 is 5.73 Å². The molecular formula is C12H25NO4. The molecule has 1 heterocycles. The Morgan fingerprint density at radius 1 is 1.29 bits per heavy atom. The molecule has 2 rings (SSSR count). The summed E-state index contributed by atoms with van der Waals surface area (Å²) in [5, 5.41) is 8.71. The third kappa shape index (κ3) is 3.39. The van der Waals surface area contributed by atoms with Crippen LogP contribution in [0.25, 0.3) is 0 Å². The molecule has 2 aliphatic rings. The summed E-state index contributed by atoms with van der Waals surface area (Å²) in [5.74, 6) is -0.575. The summed E-state index contributed by atoms with van der Waals surface area (Å²) in [6, 6.07) is -0.0412. The van der Waals surface area contributed by atoms with E-state index < -0.39 is 5.79 Å². The Kier molecular flexibility index (Phi) is 5.34. The molecule has 1 aliphatic heterocycles. The van der Waals surface area contributed by atoms with E-state index in [1.165, 1.54) is 0 Å². The maximum atomic E-state index is 8.71. The average Bonchev–Trinajstić information content (AvgIpc) is 2.75. The summed E-state index contributed by atoms with van der Waals surface area (Å²) in [6.07, 6.45) is 0.495. The van der Waals surface area contributed by atoms with Crippen LogP contribution in [0.4, 0.5) is 0 Å². The summed E-state index contributed by atoms with van der Waals surface area (Å²) in [6.45, 7) is 8.10. The summed E-state index contributed by atoms with van der Waals surface area (Å²) >= 11 is 0. The molecule has 5 nitrogen and oxygen atoms in total. The van der Waals surface area contributed by atoms with Crippen molar-refractivity contribution in [3.05, 3.63) is 0 Å². The largest absolute Gasteiger partial charge is 0.394 e. The van der Waals surface area contributed by atoms with Crippen LogP contribution in [0.15, 0.2) is 0 Å². The Morgan fingerprint density at radius 3 is 2.47 bits per heavy atom. The predicted molar refractivity (Wildman–Crippen MR) is 64.6 cm³/mol. The van der Waals surface area contributed by atoms with Gasteiger partial charge in [-0.15, -0.1) is 0 Å². The van der Waals surface area contributed by atoms with E-state index in [0.29, 0.717) is 6.61 Å². The number of aliphatic hydroxyl groups is 1. The van der Waals surface area contributed by atoms with Crippen LogP contribution in [0.3, 0.4) is 0 Å². The minimum Gasteiger partial charge on any atom is -0.394 e. The lowest BCUT2D eigenvalue weighted by atomic mass is 10.2. The predicted octanol–water partition coefficient (Wildman–Crippen LogP) is 0.641. The van der Waals surface area contributed by atoms with Crippen molar-refractivity contribution in [2.45, 2.75) is 64.3 Å². The standard InChI is InChI=1S/C10H19NO4.C2H6/c1-10(2)14-8-6(11)5-7(9(8)15-10)13-4-3-12;1-2/h6-9,12H,3-5,11H2,1-2H3;1-2H3/t6?,7?,8-,9+;/m0./s1. The van der Waals surface area contributed by atoms with E-state index in [9.17, 15) is 0 Å². The van der Waals surface area contributed by atoms with Crippen LogP contribution in [-0.2, 0) is 14.2 Å². The van der Waals surface area contributed by atoms with Crippen LogP contribution in [0.5, 0.6) is 0 Å². The van der Waals surface area contributed by atoms with Gasteiger partial charge in [-0.1, -0.05) is 13.8 Å². The molecule has 17 heavy (non-hydrogen) atoms. The second-order valence-corrected chi connectivity index (χ2v) is 4.60. The number of fused-ring (bicyclic) bond motifs is 1. The minimum absolute atomic E-state index is 0.0212. The van der Waals surface area contributed by atoms with Gasteiger partial charge in [-0.2, -0.15) is 0 Å². The molecule has 0 bridgehead atoms. The first-order valence-corrected chi connectivity index (χ1v) is 6.37. The molecule has 0 amide bonds. The minimum atomic E-state index is -0.575. The third-order valence-electron chi connectivity index (χ3n) is 2.88. The Labute approximate surface area is 103 Å². The molecule has 2 fully saturated rings. The van der Waals surface area contributed by atoms with E-state index in [1.807, 2.05) is 27.7 Å². The van der Waals surface area contributed by atoms with Crippen LogP contribution in [-0.4, -0.2) is 48.5 Å². The molecule has 0 spiro atoms. The molecule has 1 saturated carbocycles. The highest BCUT2D eigenvalue weighted by molar-refractivity contribution is 5.01. The monoisotopic (exact) mass is 247 g/mol. The molecule has 0 aromatic heterocycles. The Hall–Kier alpha value is -0.200. The van der Waals surface area contributed by atoms with Crippen molar-refractivity contribution in [2.75, 3.05) is 13.2 Å². The summed E-state index contributed by atoms with van der Waals surface area (Å²) < 4.78 is 16.9. The lowest BCUT2D eigenvalue weighted by Crippen LogP contribution is -2.35. The van der Waals surface area contributed by atoms with E-state index in [-0.39, 0.29) is 31.0 Å². The molecule has 2 unspecified atom stereocenters. The number of hydrogen-bond acceptors (Lipinski definition) is 5. The first-order valence-electron chi connectivity index (χ1n) is 6.37. The van der Waals surface area contributed by atoms with E-state index in [1.54, 1.807) is 0 Å². The quantitative estimate of drug-likeness (QED) is 0.765. The summed E-state index contributed by atoms with van der Waals surface area (Å²) in [7, 11) is 0. The van der Waals surface area contributed by atoms with E-state index in [0.717, 1.165) is 6.42 Å². The molecule has 3 N–H and O–H groups in total. The van der Waals surface area contributed by atoms with Crippen LogP contribution >= 0.6 is 0 Å². The van der Waals surface area contributed by atoms with Gasteiger partial charge in [-0.25, -0.2) is 0 Å². The fraction of sp³-hybridized carbons (Fsp3) is 1.00. The highest BCUT2D eigenvalue weighted by atomic mass is 16.8. The van der Waals surface area contributed by atoms with Crippen LogP contribution in [0.1, 0.15) is 34.1 Å². The van der Waals surface area contributed by atoms with Crippen molar-refractivity contribution in [1.29, 1.82) is 0 Å². The van der Waals surface area contributed by atoms with Crippen molar-refractivity contribution in [1.82, 2.24) is 0 Å². The Bertz CT molecular complexity index is 235. The zero-order valence-corrected chi connectivity index (χ0v) is 11.2. The van der Waals surface area contributed by atoms with Crippen molar-refractivity contribution in [3.63, 3.8) is 0 Å². The van der Waals surface area contributed by atoms with Crippen LogP contribution in [0, 0.1) is 0 Å². The number of ether oxygens (including phenoxy) is 3. The molecule has 102 valence electrons. The van der Waals surface area contributed by atoms with Gasteiger partial charge in [0.15, 0.2) is 5.79 Å². The fourth-order valence-corrected chi connectivity index (χ4v) is 2.34. The lowest BCUT2D eigenvalue weighted by Gasteiger charge is -2.22. The van der Waals surface area contributed by atoms with Gasteiger partial charge >= 0.3 is 0 Å². The topological polar surface area (TPSA) is 73.9 Å². The molecule has 4 atom stereocenters. The maximum absolute atomic E-state index is 8.71. The highest BCUT2D eigenvalue weighted by Gasteiger charge is 2.53. The zero-order chi connectivity index (χ0) is 13.1. The SMILES string of the molecule is CC.CC1(C)O[C@@H]2C(OCCO)CC(N)[C@@H]2O1. The molecule has 1 saturated heterocycles. The number of rotatable bonds is 3. The molecule has 5 heteroatoms. The number of hydrogen-bond donors (Lipinski definition) is 2. The fourth-order valence-electron chi connectivity index (χ4n) is 2.34. The van der Waals surface area contributed by atoms with E-state index in [4.69, 9.17) is 25.1 Å². The van der Waals surface area contributed by atoms with Gasteiger partial charge in [-0.3, -0.25) is 0 Å². The molecule has 0 radical (unpaired) electrons. The van der Waals surface area contributed by atoms with Gasteiger partial charge in [0.25, 0.3) is 0 Å². The van der Waals surface area contributed by atoms with Gasteiger partial charge in [0.1, 0.15) is 12.2 Å². The smallest absolute Gasteiger partial charge is 0.163 e. The van der Waals surface area contributed by atoms with Crippen molar-refractivity contribution < 1.29 is 19.3 Å². The number of aliphatic hydroxyl groups excluding tert-OH is 1. The highest BCUT2D eigenvalue weighted by Crippen LogP contribution is 2.38. The van der Waals surface area contributed by atoms with Gasteiger partial charge in [0, 0.05) is 6.04 Å². The molecule has 0 aromatic carbocycles. The van der Waals surface area contributed by atoms with Gasteiger partial charge in [0.05, 0.1) is 19.3 Å². The zero-order valence-electron chi connectivity index (χ0n) is 11.2. The summed E-state index contributed by atoms with van der Waals surface area (Å²) in [4.78, 5) is 0.